The molecule has 35 heavy (non-hydrogen) atoms. The summed E-state index contributed by atoms with van der Waals surface area (Å²) in [6.45, 7) is 7.95. The highest BCUT2D eigenvalue weighted by molar-refractivity contribution is 6.46. The number of hydrogen-bond acceptors (Lipinski definition) is 6. The Kier molecular flexibility index (Phi) is 7.83. The highest BCUT2D eigenvalue weighted by Gasteiger charge is 2.45. The van der Waals surface area contributed by atoms with Crippen LogP contribution in [0.3, 0.4) is 0 Å². The molecule has 0 radical (unpaired) electrons. The average molecular weight is 483 g/mol. The van der Waals surface area contributed by atoms with E-state index in [9.17, 15) is 19.1 Å². The van der Waals surface area contributed by atoms with Gasteiger partial charge < -0.3 is 19.5 Å². The summed E-state index contributed by atoms with van der Waals surface area (Å²) in [7, 11) is 0. The number of amides is 1. The number of aliphatic hydroxyl groups is 1. The maximum atomic E-state index is 13.6. The Morgan fingerprint density at radius 1 is 1.06 bits per heavy atom. The number of carbonyl (C=O) groups excluding carboxylic acids is 2. The van der Waals surface area contributed by atoms with E-state index in [1.807, 2.05) is 13.8 Å². The number of carbonyl (C=O) groups is 2. The molecule has 0 aromatic heterocycles. The summed E-state index contributed by atoms with van der Waals surface area (Å²) < 4.78 is 24.7. The highest BCUT2D eigenvalue weighted by Crippen LogP contribution is 2.39. The number of ether oxygens (including phenoxy) is 2. The van der Waals surface area contributed by atoms with Crippen molar-refractivity contribution in [2.75, 3.05) is 39.4 Å². The van der Waals surface area contributed by atoms with Crippen LogP contribution < -0.4 is 4.74 Å². The van der Waals surface area contributed by atoms with E-state index >= 15 is 0 Å². The van der Waals surface area contributed by atoms with Gasteiger partial charge in [-0.2, -0.15) is 0 Å². The average Bonchev–Trinajstić information content (AvgIpc) is 3.10. The zero-order valence-electron chi connectivity index (χ0n) is 20.1. The first kappa shape index (κ1) is 24.9. The smallest absolute Gasteiger partial charge is 0.295 e. The third kappa shape index (κ3) is 5.71. The lowest BCUT2D eigenvalue weighted by Crippen LogP contribution is -2.38. The summed E-state index contributed by atoms with van der Waals surface area (Å²) >= 11 is 0. The van der Waals surface area contributed by atoms with Gasteiger partial charge in [0, 0.05) is 31.7 Å². The van der Waals surface area contributed by atoms with Crippen molar-refractivity contribution < 1.29 is 28.6 Å². The van der Waals surface area contributed by atoms with Gasteiger partial charge in [-0.15, -0.1) is 0 Å². The van der Waals surface area contributed by atoms with E-state index in [1.165, 1.54) is 17.0 Å². The Bertz CT molecular complexity index is 1080. The van der Waals surface area contributed by atoms with E-state index in [4.69, 9.17) is 9.47 Å². The third-order valence-electron chi connectivity index (χ3n) is 6.20. The fourth-order valence-electron chi connectivity index (χ4n) is 4.51. The van der Waals surface area contributed by atoms with Crippen molar-refractivity contribution >= 4 is 17.4 Å². The molecule has 1 atom stereocenters. The van der Waals surface area contributed by atoms with Crippen molar-refractivity contribution in [1.82, 2.24) is 9.80 Å². The summed E-state index contributed by atoms with van der Waals surface area (Å²) in [6.07, 6.45) is 0.655. The molecule has 8 heteroatoms. The number of nitrogens with zero attached hydrogens (tertiary/aromatic N) is 2. The molecule has 0 bridgehead atoms. The lowest BCUT2D eigenvalue weighted by Gasteiger charge is -2.29. The molecule has 2 saturated heterocycles. The zero-order chi connectivity index (χ0) is 24.9. The van der Waals surface area contributed by atoms with E-state index in [0.29, 0.717) is 43.1 Å². The summed E-state index contributed by atoms with van der Waals surface area (Å²) in [6, 6.07) is 11.6. The van der Waals surface area contributed by atoms with Gasteiger partial charge in [0.15, 0.2) is 0 Å². The monoisotopic (exact) mass is 482 g/mol. The minimum Gasteiger partial charge on any atom is -0.507 e. The largest absolute Gasteiger partial charge is 0.507 e. The number of morpholine rings is 1. The molecule has 7 nitrogen and oxygen atoms in total. The zero-order valence-corrected chi connectivity index (χ0v) is 20.1. The fourth-order valence-corrected chi connectivity index (χ4v) is 4.51. The third-order valence-corrected chi connectivity index (χ3v) is 6.20. The molecule has 2 fully saturated rings. The number of benzene rings is 2. The number of rotatable bonds is 8. The van der Waals surface area contributed by atoms with Gasteiger partial charge in [-0.1, -0.05) is 12.1 Å². The summed E-state index contributed by atoms with van der Waals surface area (Å²) in [4.78, 5) is 29.9. The van der Waals surface area contributed by atoms with Gasteiger partial charge in [0.2, 0.25) is 0 Å². The quantitative estimate of drug-likeness (QED) is 0.351. The minimum absolute atomic E-state index is 0.00397. The first-order chi connectivity index (χ1) is 16.8. The number of likely N-dealkylation sites (tertiary alicyclic amines) is 1. The molecular weight excluding hydrogens is 451 g/mol. The Morgan fingerprint density at radius 2 is 1.71 bits per heavy atom. The van der Waals surface area contributed by atoms with Crippen LogP contribution in [0.5, 0.6) is 5.75 Å². The molecule has 0 spiro atoms. The lowest BCUT2D eigenvalue weighted by atomic mass is 9.95. The predicted molar refractivity (Wildman–Crippen MR) is 129 cm³/mol. The minimum atomic E-state index is -0.799. The van der Waals surface area contributed by atoms with Gasteiger partial charge in [-0.3, -0.25) is 14.5 Å². The molecule has 2 aromatic rings. The van der Waals surface area contributed by atoms with Gasteiger partial charge in [0.05, 0.1) is 30.9 Å². The van der Waals surface area contributed by atoms with E-state index in [1.54, 1.807) is 36.4 Å². The van der Waals surface area contributed by atoms with Crippen LogP contribution in [0.4, 0.5) is 4.39 Å². The number of hydrogen-bond donors (Lipinski definition) is 1. The van der Waals surface area contributed by atoms with Crippen molar-refractivity contribution in [3.63, 3.8) is 0 Å². The molecule has 2 aromatic carbocycles. The molecule has 0 saturated carbocycles. The van der Waals surface area contributed by atoms with Crippen LogP contribution >= 0.6 is 0 Å². The van der Waals surface area contributed by atoms with Crippen molar-refractivity contribution in [1.29, 1.82) is 0 Å². The second-order valence-corrected chi connectivity index (χ2v) is 9.04. The fraction of sp³-hybridized carbons (Fsp3) is 0.407. The topological polar surface area (TPSA) is 79.3 Å². The first-order valence-electron chi connectivity index (χ1n) is 12.0. The summed E-state index contributed by atoms with van der Waals surface area (Å²) in [5, 5.41) is 11.2. The summed E-state index contributed by atoms with van der Waals surface area (Å²) in [5.74, 6) is -1.45. The van der Waals surface area contributed by atoms with Crippen molar-refractivity contribution in [3.05, 3.63) is 71.0 Å². The second-order valence-electron chi connectivity index (χ2n) is 9.04. The molecule has 2 aliphatic rings. The van der Waals surface area contributed by atoms with Crippen molar-refractivity contribution in [2.24, 2.45) is 0 Å². The Hall–Kier alpha value is -3.23. The standard InChI is InChI=1S/C27H31FN2O5/c1-18(2)35-22-10-6-20(7-11-22)25(31)23-24(19-4-8-21(28)9-5-19)30(27(33)26(23)32)13-3-12-29-14-16-34-17-15-29/h4-11,18,24,31H,3,12-17H2,1-2H3/b25-23+. The van der Waals surface area contributed by atoms with Crippen molar-refractivity contribution in [2.45, 2.75) is 32.4 Å². The molecular formula is C27H31FN2O5. The summed E-state index contributed by atoms with van der Waals surface area (Å²) in [5.41, 5.74) is 0.975. The second kappa shape index (κ2) is 11.0. The first-order valence-corrected chi connectivity index (χ1v) is 12.0. The molecule has 4 rings (SSSR count). The SMILES string of the molecule is CC(C)Oc1ccc(/C(O)=C2\C(=O)C(=O)N(CCCN3CCOCC3)C2c2ccc(F)cc2)cc1. The van der Waals surface area contributed by atoms with E-state index in [2.05, 4.69) is 4.90 Å². The molecule has 186 valence electrons. The van der Waals surface area contributed by atoms with Crippen LogP contribution in [0.15, 0.2) is 54.1 Å². The highest BCUT2D eigenvalue weighted by atomic mass is 19.1. The van der Waals surface area contributed by atoms with E-state index in [0.717, 1.165) is 19.6 Å². The Labute approximate surface area is 204 Å². The van der Waals surface area contributed by atoms with Gasteiger partial charge in [0.1, 0.15) is 17.3 Å². The molecule has 1 amide bonds. The number of Topliss-reactive ketones (excluding diaryl/α,β-unsaturated/α-hetero) is 1. The number of ketones is 1. The molecule has 1 unspecified atom stereocenters. The molecule has 2 heterocycles. The van der Waals surface area contributed by atoms with Crippen LogP contribution in [0, 0.1) is 5.82 Å². The molecule has 1 N–H and O–H groups in total. The number of aliphatic hydroxyl groups excluding tert-OH is 1. The van der Waals surface area contributed by atoms with Crippen LogP contribution in [-0.4, -0.2) is 72.1 Å². The molecule has 0 aliphatic carbocycles. The van der Waals surface area contributed by atoms with Crippen molar-refractivity contribution in [3.8, 4) is 5.75 Å². The Balaban J connectivity index is 1.64. The van der Waals surface area contributed by atoms with Gasteiger partial charge >= 0.3 is 0 Å². The van der Waals surface area contributed by atoms with Gasteiger partial charge in [0.25, 0.3) is 11.7 Å². The maximum Gasteiger partial charge on any atom is 0.295 e. The number of halogens is 1. The van der Waals surface area contributed by atoms with E-state index in [-0.39, 0.29) is 17.4 Å². The van der Waals surface area contributed by atoms with Crippen LogP contribution in [-0.2, 0) is 14.3 Å². The lowest BCUT2D eigenvalue weighted by molar-refractivity contribution is -0.140. The van der Waals surface area contributed by atoms with Crippen LogP contribution in [0.1, 0.15) is 37.4 Å². The Morgan fingerprint density at radius 3 is 2.34 bits per heavy atom. The van der Waals surface area contributed by atoms with Crippen LogP contribution in [0.25, 0.3) is 5.76 Å². The van der Waals surface area contributed by atoms with Crippen LogP contribution in [0.2, 0.25) is 0 Å². The van der Waals surface area contributed by atoms with E-state index < -0.39 is 23.5 Å². The normalized spacial score (nSPS) is 20.6. The van der Waals surface area contributed by atoms with Gasteiger partial charge in [-0.05, 0) is 62.2 Å². The van der Waals surface area contributed by atoms with Gasteiger partial charge in [-0.25, -0.2) is 4.39 Å². The molecule has 2 aliphatic heterocycles. The maximum absolute atomic E-state index is 13.6. The predicted octanol–water partition coefficient (Wildman–Crippen LogP) is 3.76.